The zero-order chi connectivity index (χ0) is 22.3. The molecular weight excluding hydrogens is 413 g/mol. The van der Waals surface area contributed by atoms with Crippen LogP contribution in [0, 0.1) is 18.2 Å². The second-order valence-corrected chi connectivity index (χ2v) is 8.56. The third-order valence-corrected chi connectivity index (χ3v) is 6.20. The summed E-state index contributed by atoms with van der Waals surface area (Å²) in [5.74, 6) is -0.194. The lowest BCUT2D eigenvalue weighted by Crippen LogP contribution is -2.30. The maximum absolute atomic E-state index is 14.4. The fraction of sp³-hybridized carbons (Fsp3) is 0.455. The Morgan fingerprint density at radius 1 is 1.34 bits per heavy atom. The van der Waals surface area contributed by atoms with Gasteiger partial charge in [0.2, 0.25) is 11.8 Å². The van der Waals surface area contributed by atoms with Crippen LogP contribution in [-0.2, 0) is 0 Å². The number of aromatic nitrogens is 4. The molecule has 10 heteroatoms. The summed E-state index contributed by atoms with van der Waals surface area (Å²) in [4.78, 5) is 28.3. The van der Waals surface area contributed by atoms with E-state index < -0.39 is 11.7 Å². The number of imidazole rings is 1. The first-order valence-electron chi connectivity index (χ1n) is 10.9. The lowest BCUT2D eigenvalue weighted by Gasteiger charge is -2.23. The molecule has 2 N–H and O–H groups in total. The molecule has 0 saturated carbocycles. The average Bonchev–Trinajstić information content (AvgIpc) is 3.49. The van der Waals surface area contributed by atoms with Crippen LogP contribution in [0.4, 0.5) is 16.0 Å². The number of pyridine rings is 1. The van der Waals surface area contributed by atoms with E-state index in [9.17, 15) is 9.18 Å². The van der Waals surface area contributed by atoms with E-state index in [2.05, 4.69) is 30.5 Å². The molecule has 2 saturated heterocycles. The number of nitrogens with one attached hydrogen (secondary N) is 2. The van der Waals surface area contributed by atoms with Gasteiger partial charge in [-0.25, -0.2) is 14.4 Å². The van der Waals surface area contributed by atoms with Crippen LogP contribution in [0.15, 0.2) is 24.7 Å². The van der Waals surface area contributed by atoms with Gasteiger partial charge in [-0.15, -0.1) is 0 Å². The number of ether oxygens (including phenoxy) is 1. The third kappa shape index (κ3) is 3.75. The lowest BCUT2D eigenvalue weighted by molar-refractivity contribution is 0.102. The third-order valence-electron chi connectivity index (χ3n) is 6.20. The van der Waals surface area contributed by atoms with E-state index in [1.807, 2.05) is 6.92 Å². The van der Waals surface area contributed by atoms with Gasteiger partial charge in [0.05, 0.1) is 18.0 Å². The van der Waals surface area contributed by atoms with Gasteiger partial charge in [0.25, 0.3) is 5.91 Å². The van der Waals surface area contributed by atoms with Crippen molar-refractivity contribution in [1.29, 1.82) is 0 Å². The maximum atomic E-state index is 14.4. The van der Waals surface area contributed by atoms with Crippen LogP contribution in [0.1, 0.15) is 35.8 Å². The lowest BCUT2D eigenvalue weighted by atomic mass is 9.87. The van der Waals surface area contributed by atoms with Crippen molar-refractivity contribution in [2.75, 3.05) is 43.0 Å². The highest BCUT2D eigenvalue weighted by molar-refractivity contribution is 6.05. The Bertz CT molecular complexity index is 1170. The summed E-state index contributed by atoms with van der Waals surface area (Å²) < 4.78 is 21.6. The zero-order valence-electron chi connectivity index (χ0n) is 18.2. The van der Waals surface area contributed by atoms with Crippen molar-refractivity contribution < 1.29 is 13.9 Å². The molecule has 5 heterocycles. The van der Waals surface area contributed by atoms with E-state index in [-0.39, 0.29) is 22.5 Å². The Balaban J connectivity index is 1.38. The van der Waals surface area contributed by atoms with Crippen molar-refractivity contribution in [2.24, 2.45) is 5.41 Å². The summed E-state index contributed by atoms with van der Waals surface area (Å²) in [6.07, 6.45) is 7.04. The number of amides is 1. The zero-order valence-corrected chi connectivity index (χ0v) is 18.2. The average molecular weight is 439 g/mol. The van der Waals surface area contributed by atoms with E-state index >= 15 is 0 Å². The Hall–Kier alpha value is -3.27. The SMILES string of the molecule is CCOc1nc(N2CCC3(CCNC3)C2)ncc1C(=O)Nc1cc(F)c2nc(C)cn2c1. The first-order chi connectivity index (χ1) is 15.5. The molecule has 0 radical (unpaired) electrons. The molecule has 1 amide bonds. The molecule has 1 unspecified atom stereocenters. The second kappa shape index (κ2) is 8.01. The van der Waals surface area contributed by atoms with E-state index in [0.717, 1.165) is 39.0 Å². The molecule has 1 atom stereocenters. The van der Waals surface area contributed by atoms with Crippen LogP contribution >= 0.6 is 0 Å². The quantitative estimate of drug-likeness (QED) is 0.630. The Morgan fingerprint density at radius 2 is 2.22 bits per heavy atom. The van der Waals surface area contributed by atoms with Crippen LogP contribution in [0.3, 0.4) is 0 Å². The Labute approximate surface area is 185 Å². The van der Waals surface area contributed by atoms with Crippen molar-refractivity contribution in [2.45, 2.75) is 26.7 Å². The van der Waals surface area contributed by atoms with Crippen LogP contribution in [0.2, 0.25) is 0 Å². The highest BCUT2D eigenvalue weighted by atomic mass is 19.1. The summed E-state index contributed by atoms with van der Waals surface area (Å²) in [6, 6.07) is 1.24. The molecule has 2 aliphatic rings. The number of aryl methyl sites for hydroxylation is 1. The van der Waals surface area contributed by atoms with Gasteiger partial charge in [0.15, 0.2) is 11.5 Å². The van der Waals surface area contributed by atoms with Gasteiger partial charge in [-0.05, 0) is 33.2 Å². The minimum atomic E-state index is -0.517. The number of carbonyl (C=O) groups is 1. The second-order valence-electron chi connectivity index (χ2n) is 8.56. The topological polar surface area (TPSA) is 96.7 Å². The van der Waals surface area contributed by atoms with E-state index in [1.54, 1.807) is 23.7 Å². The molecule has 2 fully saturated rings. The highest BCUT2D eigenvalue weighted by Crippen LogP contribution is 2.37. The smallest absolute Gasteiger partial charge is 0.262 e. The number of nitrogens with zero attached hydrogens (tertiary/aromatic N) is 5. The molecule has 3 aromatic heterocycles. The molecule has 9 nitrogen and oxygen atoms in total. The Morgan fingerprint density at radius 3 is 3.00 bits per heavy atom. The number of carbonyl (C=O) groups excluding carboxylic acids is 1. The van der Waals surface area contributed by atoms with E-state index in [0.29, 0.717) is 23.9 Å². The first kappa shape index (κ1) is 20.6. The molecule has 1 spiro atoms. The van der Waals surface area contributed by atoms with Crippen LogP contribution < -0.4 is 20.3 Å². The van der Waals surface area contributed by atoms with Crippen molar-refractivity contribution in [3.8, 4) is 5.88 Å². The van der Waals surface area contributed by atoms with Crippen LogP contribution in [0.5, 0.6) is 5.88 Å². The Kier molecular flexibility index (Phi) is 5.16. The molecule has 0 bridgehead atoms. The molecular formula is C22H26FN7O2. The van der Waals surface area contributed by atoms with Gasteiger partial charge in [0, 0.05) is 49.7 Å². The summed E-state index contributed by atoms with van der Waals surface area (Å²) in [5.41, 5.74) is 1.68. The fourth-order valence-electron chi connectivity index (χ4n) is 4.61. The van der Waals surface area contributed by atoms with E-state index in [4.69, 9.17) is 4.74 Å². The van der Waals surface area contributed by atoms with Crippen molar-refractivity contribution in [1.82, 2.24) is 24.7 Å². The van der Waals surface area contributed by atoms with Gasteiger partial charge in [-0.2, -0.15) is 4.98 Å². The number of rotatable bonds is 5. The molecule has 168 valence electrons. The van der Waals surface area contributed by atoms with Crippen molar-refractivity contribution in [3.05, 3.63) is 41.7 Å². The highest BCUT2D eigenvalue weighted by Gasteiger charge is 2.41. The van der Waals surface area contributed by atoms with E-state index in [1.165, 1.54) is 12.3 Å². The van der Waals surface area contributed by atoms with Crippen LogP contribution in [0.25, 0.3) is 5.65 Å². The fourth-order valence-corrected chi connectivity index (χ4v) is 4.61. The standard InChI is InChI=1S/C22H26FN7O2/c1-3-32-20-16(9-25-21(28-20)29-7-5-22(13-29)4-6-24-12-22)19(31)27-15-8-17(23)18-26-14(2)10-30(18)11-15/h8-11,24H,3-7,12-13H2,1-2H3,(H,27,31). The van der Waals surface area contributed by atoms with Crippen LogP contribution in [-0.4, -0.2) is 58.0 Å². The minimum Gasteiger partial charge on any atom is -0.477 e. The molecule has 3 aromatic rings. The molecule has 0 aliphatic carbocycles. The van der Waals surface area contributed by atoms with Crippen molar-refractivity contribution in [3.63, 3.8) is 0 Å². The number of hydrogen-bond acceptors (Lipinski definition) is 7. The van der Waals surface area contributed by atoms with Crippen molar-refractivity contribution >= 4 is 23.2 Å². The number of anilines is 2. The van der Waals surface area contributed by atoms with Gasteiger partial charge < -0.3 is 24.7 Å². The molecule has 2 aliphatic heterocycles. The monoisotopic (exact) mass is 439 g/mol. The predicted molar refractivity (Wildman–Crippen MR) is 118 cm³/mol. The van der Waals surface area contributed by atoms with Gasteiger partial charge in [0.1, 0.15) is 5.56 Å². The maximum Gasteiger partial charge on any atom is 0.262 e. The minimum absolute atomic E-state index is 0.203. The largest absolute Gasteiger partial charge is 0.477 e. The summed E-state index contributed by atoms with van der Waals surface area (Å²) in [7, 11) is 0. The van der Waals surface area contributed by atoms with Gasteiger partial charge in [-0.1, -0.05) is 0 Å². The normalized spacial score (nSPS) is 20.4. The number of fused-ring (bicyclic) bond motifs is 1. The van der Waals surface area contributed by atoms with Gasteiger partial charge >= 0.3 is 0 Å². The number of hydrogen-bond donors (Lipinski definition) is 2. The summed E-state index contributed by atoms with van der Waals surface area (Å²) >= 11 is 0. The molecule has 32 heavy (non-hydrogen) atoms. The molecule has 5 rings (SSSR count). The predicted octanol–water partition coefficient (Wildman–Crippen LogP) is 2.41. The van der Waals surface area contributed by atoms with Gasteiger partial charge in [-0.3, -0.25) is 4.79 Å². The summed E-state index contributed by atoms with van der Waals surface area (Å²) in [5, 5.41) is 6.16. The summed E-state index contributed by atoms with van der Waals surface area (Å²) in [6.45, 7) is 7.80. The molecule has 0 aromatic carbocycles. The first-order valence-corrected chi connectivity index (χ1v) is 10.9. The number of halogens is 1.